The fourth-order valence-corrected chi connectivity index (χ4v) is 3.40. The molecule has 5 nitrogen and oxygen atoms in total. The molecule has 3 aromatic rings. The number of aromatic nitrogens is 2. The minimum atomic E-state index is -1.03. The van der Waals surface area contributed by atoms with Crippen LogP contribution in [0.25, 0.3) is 22.5 Å². The molecule has 0 atom stereocenters. The van der Waals surface area contributed by atoms with Crippen LogP contribution >= 0.6 is 0 Å². The van der Waals surface area contributed by atoms with Gasteiger partial charge in [-0.2, -0.15) is 0 Å². The van der Waals surface area contributed by atoms with Crippen molar-refractivity contribution < 1.29 is 9.90 Å². The zero-order valence-corrected chi connectivity index (χ0v) is 15.0. The predicted molar refractivity (Wildman–Crippen MR) is 106 cm³/mol. The first-order chi connectivity index (χ1) is 13.2. The Bertz CT molecular complexity index is 934. The van der Waals surface area contributed by atoms with E-state index in [4.69, 9.17) is 0 Å². The number of aromatic carboxylic acids is 1. The summed E-state index contributed by atoms with van der Waals surface area (Å²) >= 11 is 0. The van der Waals surface area contributed by atoms with Crippen molar-refractivity contribution >= 4 is 11.8 Å². The second-order valence-corrected chi connectivity index (χ2v) is 6.73. The average Bonchev–Trinajstić information content (AvgIpc) is 2.75. The van der Waals surface area contributed by atoms with Gasteiger partial charge in [-0.15, -0.1) is 0 Å². The quantitative estimate of drug-likeness (QED) is 0.743. The first-order valence-electron chi connectivity index (χ1n) is 9.24. The highest BCUT2D eigenvalue weighted by Crippen LogP contribution is 2.26. The van der Waals surface area contributed by atoms with Crippen molar-refractivity contribution in [2.45, 2.75) is 19.3 Å². The molecular weight excluding hydrogens is 338 g/mol. The number of carboxylic acid groups (broad SMARTS) is 1. The lowest BCUT2D eigenvalue weighted by Crippen LogP contribution is -2.30. The number of hydrogen-bond donors (Lipinski definition) is 1. The second-order valence-electron chi connectivity index (χ2n) is 6.73. The Morgan fingerprint density at radius 2 is 1.44 bits per heavy atom. The predicted octanol–water partition coefficient (Wildman–Crippen LogP) is 4.50. The zero-order valence-electron chi connectivity index (χ0n) is 15.0. The Balaban J connectivity index is 1.69. The van der Waals surface area contributed by atoms with Gasteiger partial charge in [0.25, 0.3) is 0 Å². The highest BCUT2D eigenvalue weighted by molar-refractivity contribution is 5.87. The molecular formula is C22H21N3O2. The lowest BCUT2D eigenvalue weighted by molar-refractivity contribution is 0.0690. The number of piperidine rings is 1. The summed E-state index contributed by atoms with van der Waals surface area (Å²) in [6, 6.07) is 19.6. The average molecular weight is 359 g/mol. The van der Waals surface area contributed by atoms with Gasteiger partial charge >= 0.3 is 5.97 Å². The van der Waals surface area contributed by atoms with E-state index in [0.29, 0.717) is 11.6 Å². The highest BCUT2D eigenvalue weighted by Gasteiger charge is 2.17. The number of carboxylic acids is 1. The molecule has 0 aliphatic carbocycles. The number of anilines is 1. The van der Waals surface area contributed by atoms with E-state index in [-0.39, 0.29) is 5.69 Å². The van der Waals surface area contributed by atoms with E-state index < -0.39 is 5.97 Å². The van der Waals surface area contributed by atoms with Gasteiger partial charge in [-0.25, -0.2) is 14.8 Å². The molecule has 1 N–H and O–H groups in total. The van der Waals surface area contributed by atoms with Gasteiger partial charge in [0, 0.05) is 24.7 Å². The number of benzene rings is 2. The largest absolute Gasteiger partial charge is 0.477 e. The third kappa shape index (κ3) is 3.82. The van der Waals surface area contributed by atoms with Gasteiger partial charge < -0.3 is 10.0 Å². The van der Waals surface area contributed by atoms with E-state index >= 15 is 0 Å². The van der Waals surface area contributed by atoms with E-state index in [1.165, 1.54) is 6.42 Å². The smallest absolute Gasteiger partial charge is 0.354 e. The molecule has 1 aliphatic heterocycles. The van der Waals surface area contributed by atoms with Crippen molar-refractivity contribution in [3.05, 3.63) is 66.4 Å². The zero-order chi connectivity index (χ0) is 18.6. The summed E-state index contributed by atoms with van der Waals surface area (Å²) in [5.41, 5.74) is 3.09. The third-order valence-electron chi connectivity index (χ3n) is 4.86. The molecule has 0 bridgehead atoms. The molecule has 2 heterocycles. The van der Waals surface area contributed by atoms with Gasteiger partial charge in [-0.05, 0) is 30.4 Å². The van der Waals surface area contributed by atoms with Crippen LogP contribution in [0, 0.1) is 0 Å². The molecule has 27 heavy (non-hydrogen) atoms. The van der Waals surface area contributed by atoms with E-state index in [0.717, 1.165) is 42.6 Å². The van der Waals surface area contributed by atoms with E-state index in [1.54, 1.807) is 6.07 Å². The maximum Gasteiger partial charge on any atom is 0.354 e. The van der Waals surface area contributed by atoms with Crippen LogP contribution in [-0.4, -0.2) is 34.1 Å². The van der Waals surface area contributed by atoms with Crippen LogP contribution < -0.4 is 4.90 Å². The van der Waals surface area contributed by atoms with E-state index in [9.17, 15) is 9.90 Å². The van der Waals surface area contributed by atoms with Crippen LogP contribution in [0.4, 0.5) is 5.82 Å². The van der Waals surface area contributed by atoms with Gasteiger partial charge in [-0.1, -0.05) is 54.6 Å². The molecule has 0 radical (unpaired) electrons. The molecule has 4 rings (SSSR count). The van der Waals surface area contributed by atoms with Crippen molar-refractivity contribution in [1.82, 2.24) is 9.97 Å². The lowest BCUT2D eigenvalue weighted by atomic mass is 10.0. The van der Waals surface area contributed by atoms with Crippen LogP contribution in [0.1, 0.15) is 29.8 Å². The van der Waals surface area contributed by atoms with Crippen LogP contribution in [0.2, 0.25) is 0 Å². The lowest BCUT2D eigenvalue weighted by Gasteiger charge is -2.28. The van der Waals surface area contributed by atoms with Crippen LogP contribution in [0.5, 0.6) is 0 Å². The topological polar surface area (TPSA) is 66.3 Å². The van der Waals surface area contributed by atoms with Gasteiger partial charge in [0.15, 0.2) is 11.5 Å². The Morgan fingerprint density at radius 3 is 2.11 bits per heavy atom. The minimum Gasteiger partial charge on any atom is -0.477 e. The van der Waals surface area contributed by atoms with Gasteiger partial charge in [0.05, 0.1) is 0 Å². The summed E-state index contributed by atoms with van der Waals surface area (Å²) in [4.78, 5) is 22.6. The van der Waals surface area contributed by atoms with Crippen molar-refractivity contribution in [3.63, 3.8) is 0 Å². The minimum absolute atomic E-state index is 0.0349. The van der Waals surface area contributed by atoms with Crippen LogP contribution in [0.3, 0.4) is 0 Å². The molecule has 0 unspecified atom stereocenters. The van der Waals surface area contributed by atoms with Crippen molar-refractivity contribution in [1.29, 1.82) is 0 Å². The molecule has 5 heteroatoms. The Hall–Kier alpha value is -3.21. The van der Waals surface area contributed by atoms with Gasteiger partial charge in [0.1, 0.15) is 5.82 Å². The number of nitrogens with zero attached hydrogens (tertiary/aromatic N) is 3. The Kier molecular flexibility index (Phi) is 4.83. The number of carbonyl (C=O) groups is 1. The maximum atomic E-state index is 11.5. The fraction of sp³-hybridized carbons (Fsp3) is 0.227. The standard InChI is InChI=1S/C22H21N3O2/c26-22(27)19-15-20(25-13-5-2-6-14-25)24-21(23-19)18-11-9-17(10-12-18)16-7-3-1-4-8-16/h1,3-4,7-12,15H,2,5-6,13-14H2,(H,26,27). The Morgan fingerprint density at radius 1 is 0.815 bits per heavy atom. The van der Waals surface area contributed by atoms with Gasteiger partial charge in [-0.3, -0.25) is 0 Å². The summed E-state index contributed by atoms with van der Waals surface area (Å²) in [5.74, 6) is 0.122. The van der Waals surface area contributed by atoms with Crippen LogP contribution in [0.15, 0.2) is 60.7 Å². The summed E-state index contributed by atoms with van der Waals surface area (Å²) in [7, 11) is 0. The molecule has 2 aromatic carbocycles. The molecule has 0 spiro atoms. The SMILES string of the molecule is O=C(O)c1cc(N2CCCCC2)nc(-c2ccc(-c3ccccc3)cc2)n1. The van der Waals surface area contributed by atoms with Crippen molar-refractivity contribution in [3.8, 4) is 22.5 Å². The molecule has 1 aliphatic rings. The molecule has 0 amide bonds. The summed E-state index contributed by atoms with van der Waals surface area (Å²) in [6.45, 7) is 1.81. The van der Waals surface area contributed by atoms with Crippen molar-refractivity contribution in [2.24, 2.45) is 0 Å². The molecule has 136 valence electrons. The van der Waals surface area contributed by atoms with E-state index in [2.05, 4.69) is 27.0 Å². The molecule has 0 saturated carbocycles. The number of rotatable bonds is 4. The summed E-state index contributed by atoms with van der Waals surface area (Å²) in [6.07, 6.45) is 3.42. The fourth-order valence-electron chi connectivity index (χ4n) is 3.40. The summed E-state index contributed by atoms with van der Waals surface area (Å²) < 4.78 is 0. The number of hydrogen-bond acceptors (Lipinski definition) is 4. The Labute approximate surface area is 158 Å². The van der Waals surface area contributed by atoms with Crippen LogP contribution in [-0.2, 0) is 0 Å². The third-order valence-corrected chi connectivity index (χ3v) is 4.86. The molecule has 1 saturated heterocycles. The van der Waals surface area contributed by atoms with Gasteiger partial charge in [0.2, 0.25) is 0 Å². The monoisotopic (exact) mass is 359 g/mol. The normalized spacial score (nSPS) is 14.1. The van der Waals surface area contributed by atoms with Crippen molar-refractivity contribution in [2.75, 3.05) is 18.0 Å². The summed E-state index contributed by atoms with van der Waals surface area (Å²) in [5, 5.41) is 9.46. The first-order valence-corrected chi connectivity index (χ1v) is 9.24. The second kappa shape index (κ2) is 7.58. The molecule has 1 aromatic heterocycles. The van der Waals surface area contributed by atoms with E-state index in [1.807, 2.05) is 42.5 Å². The first kappa shape index (κ1) is 17.2. The molecule has 1 fully saturated rings. The highest BCUT2D eigenvalue weighted by atomic mass is 16.4. The maximum absolute atomic E-state index is 11.5.